The van der Waals surface area contributed by atoms with Gasteiger partial charge in [0.2, 0.25) is 5.91 Å². The molecule has 6 nitrogen and oxygen atoms in total. The molecule has 0 radical (unpaired) electrons. The lowest BCUT2D eigenvalue weighted by Gasteiger charge is -2.12. The second-order valence-corrected chi connectivity index (χ2v) is 5.06. The molecule has 0 aliphatic heterocycles. The number of hydrogen-bond acceptors (Lipinski definition) is 3. The number of anilines is 1. The highest BCUT2D eigenvalue weighted by molar-refractivity contribution is 5.87. The first-order chi connectivity index (χ1) is 9.63. The lowest BCUT2D eigenvalue weighted by Crippen LogP contribution is -2.38. The summed E-state index contributed by atoms with van der Waals surface area (Å²) in [5, 5.41) is 5.86. The predicted octanol–water partition coefficient (Wildman–Crippen LogP) is 1.39. The van der Waals surface area contributed by atoms with Crippen LogP contribution in [0.4, 0.5) is 5.82 Å². The van der Waals surface area contributed by atoms with Gasteiger partial charge in [0, 0.05) is 19.2 Å². The first-order valence-electron chi connectivity index (χ1n) is 6.92. The monoisotopic (exact) mass is 275 g/mol. The molecule has 1 saturated carbocycles. The summed E-state index contributed by atoms with van der Waals surface area (Å²) in [4.78, 5) is 19.3. The van der Waals surface area contributed by atoms with E-state index in [2.05, 4.69) is 20.6 Å². The molecule has 0 aromatic carbocycles. The Morgan fingerprint density at radius 3 is 2.80 bits per heavy atom. The van der Waals surface area contributed by atoms with Gasteiger partial charge in [0.05, 0.1) is 6.54 Å². The van der Waals surface area contributed by atoms with E-state index in [-0.39, 0.29) is 5.91 Å². The van der Waals surface area contributed by atoms with Crippen LogP contribution in [0, 0.1) is 0 Å². The number of pyridine rings is 1. The molecule has 4 N–H and O–H groups in total. The van der Waals surface area contributed by atoms with Crippen LogP contribution in [0.3, 0.4) is 0 Å². The number of carbonyl (C=O) groups is 1. The number of nitrogens with zero attached hydrogens (tertiary/aromatic N) is 2. The van der Waals surface area contributed by atoms with Gasteiger partial charge in [-0.1, -0.05) is 18.9 Å². The Morgan fingerprint density at radius 1 is 1.45 bits per heavy atom. The molecular formula is C14H21N5O. The molecule has 6 heteroatoms. The molecule has 1 aromatic heterocycles. The first kappa shape index (κ1) is 14.3. The molecule has 1 aliphatic rings. The van der Waals surface area contributed by atoms with Gasteiger partial charge in [-0.05, 0) is 24.5 Å². The smallest absolute Gasteiger partial charge is 0.222 e. The zero-order valence-corrected chi connectivity index (χ0v) is 11.7. The van der Waals surface area contributed by atoms with Crippen molar-refractivity contribution < 1.29 is 4.79 Å². The number of guanidine groups is 1. The topological polar surface area (TPSA) is 92.4 Å². The number of carbonyl (C=O) groups excluding carboxylic acids is 1. The maximum atomic E-state index is 10.9. The summed E-state index contributed by atoms with van der Waals surface area (Å²) in [6.45, 7) is 1.94. The van der Waals surface area contributed by atoms with Crippen LogP contribution >= 0.6 is 0 Å². The third-order valence-electron chi connectivity index (χ3n) is 3.27. The molecule has 0 spiro atoms. The molecule has 1 aromatic rings. The third kappa shape index (κ3) is 4.53. The molecule has 20 heavy (non-hydrogen) atoms. The second-order valence-electron chi connectivity index (χ2n) is 5.06. The molecule has 0 saturated heterocycles. The van der Waals surface area contributed by atoms with Gasteiger partial charge in [0.25, 0.3) is 0 Å². The standard InChI is InChI=1S/C14H21N5O/c1-10(20)18-13-7-6-11(8-16-13)9-17-14(15)19-12-4-2-3-5-12/h6-8,12H,2-5,9H2,1H3,(H3,15,17,19)(H,16,18,20). The van der Waals surface area contributed by atoms with Crippen molar-refractivity contribution in [1.82, 2.24) is 10.3 Å². The van der Waals surface area contributed by atoms with Crippen LogP contribution in [0.15, 0.2) is 23.3 Å². The number of rotatable bonds is 4. The van der Waals surface area contributed by atoms with Gasteiger partial charge in [-0.2, -0.15) is 0 Å². The summed E-state index contributed by atoms with van der Waals surface area (Å²) in [6, 6.07) is 4.11. The van der Waals surface area contributed by atoms with Gasteiger partial charge in [-0.3, -0.25) is 4.79 Å². The fraction of sp³-hybridized carbons (Fsp3) is 0.500. The molecular weight excluding hydrogens is 254 g/mol. The minimum atomic E-state index is -0.131. The number of aromatic nitrogens is 1. The number of nitrogens with two attached hydrogens (primary N) is 1. The van der Waals surface area contributed by atoms with Crippen molar-refractivity contribution in [2.75, 3.05) is 5.32 Å². The van der Waals surface area contributed by atoms with E-state index in [1.54, 1.807) is 12.3 Å². The van der Waals surface area contributed by atoms with E-state index in [0.29, 0.717) is 24.4 Å². The lowest BCUT2D eigenvalue weighted by atomic mass is 10.2. The van der Waals surface area contributed by atoms with Crippen LogP contribution in [0.5, 0.6) is 0 Å². The molecule has 0 atom stereocenters. The lowest BCUT2D eigenvalue weighted by molar-refractivity contribution is -0.114. The summed E-state index contributed by atoms with van der Waals surface area (Å²) >= 11 is 0. The van der Waals surface area contributed by atoms with E-state index < -0.39 is 0 Å². The number of aliphatic imine (C=N–C) groups is 1. The molecule has 108 valence electrons. The van der Waals surface area contributed by atoms with Crippen molar-refractivity contribution >= 4 is 17.7 Å². The van der Waals surface area contributed by atoms with E-state index in [1.807, 2.05) is 6.07 Å². The summed E-state index contributed by atoms with van der Waals surface area (Å²) in [5.41, 5.74) is 6.81. The summed E-state index contributed by atoms with van der Waals surface area (Å²) < 4.78 is 0. The minimum Gasteiger partial charge on any atom is -0.370 e. The van der Waals surface area contributed by atoms with Crippen molar-refractivity contribution in [3.8, 4) is 0 Å². The molecule has 0 unspecified atom stereocenters. The predicted molar refractivity (Wildman–Crippen MR) is 79.3 cm³/mol. The van der Waals surface area contributed by atoms with Crippen molar-refractivity contribution in [3.63, 3.8) is 0 Å². The van der Waals surface area contributed by atoms with Gasteiger partial charge >= 0.3 is 0 Å². The van der Waals surface area contributed by atoms with Crippen LogP contribution in [0.2, 0.25) is 0 Å². The number of nitrogens with one attached hydrogen (secondary N) is 2. The highest BCUT2D eigenvalue weighted by Gasteiger charge is 2.14. The Morgan fingerprint density at radius 2 is 2.20 bits per heavy atom. The molecule has 2 rings (SSSR count). The quantitative estimate of drug-likeness (QED) is 0.572. The van der Waals surface area contributed by atoms with Crippen LogP contribution in [-0.4, -0.2) is 22.9 Å². The molecule has 1 aliphatic carbocycles. The Kier molecular flexibility index (Phi) is 4.92. The SMILES string of the molecule is CC(=O)Nc1ccc(CN=C(N)NC2CCCC2)cn1. The van der Waals surface area contributed by atoms with Crippen LogP contribution < -0.4 is 16.4 Å². The van der Waals surface area contributed by atoms with Gasteiger partial charge in [-0.25, -0.2) is 9.98 Å². The third-order valence-corrected chi connectivity index (χ3v) is 3.27. The Labute approximate surface area is 118 Å². The van der Waals surface area contributed by atoms with E-state index in [9.17, 15) is 4.79 Å². The molecule has 1 amide bonds. The Balaban J connectivity index is 1.84. The Hall–Kier alpha value is -2.11. The molecule has 1 fully saturated rings. The van der Waals surface area contributed by atoms with Crippen molar-refractivity contribution in [1.29, 1.82) is 0 Å². The van der Waals surface area contributed by atoms with Crippen LogP contribution in [0.1, 0.15) is 38.2 Å². The Bertz CT molecular complexity index is 477. The highest BCUT2D eigenvalue weighted by atomic mass is 16.1. The van der Waals surface area contributed by atoms with E-state index in [0.717, 1.165) is 5.56 Å². The van der Waals surface area contributed by atoms with Crippen LogP contribution in [-0.2, 0) is 11.3 Å². The first-order valence-corrected chi connectivity index (χ1v) is 6.92. The van der Waals surface area contributed by atoms with Gasteiger partial charge in [0.1, 0.15) is 5.82 Å². The largest absolute Gasteiger partial charge is 0.370 e. The zero-order chi connectivity index (χ0) is 14.4. The van der Waals surface area contributed by atoms with E-state index >= 15 is 0 Å². The number of amides is 1. The van der Waals surface area contributed by atoms with Gasteiger partial charge in [0.15, 0.2) is 5.96 Å². The summed E-state index contributed by atoms with van der Waals surface area (Å²) in [6.07, 6.45) is 6.56. The van der Waals surface area contributed by atoms with Crippen molar-refractivity contribution in [3.05, 3.63) is 23.9 Å². The van der Waals surface area contributed by atoms with Crippen LogP contribution in [0.25, 0.3) is 0 Å². The van der Waals surface area contributed by atoms with Gasteiger partial charge in [-0.15, -0.1) is 0 Å². The van der Waals surface area contributed by atoms with E-state index in [4.69, 9.17) is 5.73 Å². The molecule has 0 bridgehead atoms. The summed E-state index contributed by atoms with van der Waals surface area (Å²) in [5.74, 6) is 0.901. The fourth-order valence-electron chi connectivity index (χ4n) is 2.27. The highest BCUT2D eigenvalue weighted by Crippen LogP contribution is 2.17. The van der Waals surface area contributed by atoms with Crippen molar-refractivity contribution in [2.24, 2.45) is 10.7 Å². The fourth-order valence-corrected chi connectivity index (χ4v) is 2.27. The van der Waals surface area contributed by atoms with Crippen molar-refractivity contribution in [2.45, 2.75) is 45.2 Å². The zero-order valence-electron chi connectivity index (χ0n) is 11.7. The summed E-state index contributed by atoms with van der Waals surface area (Å²) in [7, 11) is 0. The second kappa shape index (κ2) is 6.88. The van der Waals surface area contributed by atoms with Gasteiger partial charge < -0.3 is 16.4 Å². The minimum absolute atomic E-state index is 0.131. The maximum absolute atomic E-state index is 10.9. The number of hydrogen-bond donors (Lipinski definition) is 3. The van der Waals surface area contributed by atoms with E-state index in [1.165, 1.54) is 32.6 Å². The normalized spacial score (nSPS) is 16.1. The molecule has 1 heterocycles. The maximum Gasteiger partial charge on any atom is 0.222 e. The average Bonchev–Trinajstić information content (AvgIpc) is 2.90. The average molecular weight is 275 g/mol.